The van der Waals surface area contributed by atoms with E-state index in [1.165, 1.54) is 5.56 Å². The van der Waals surface area contributed by atoms with Gasteiger partial charge in [0.25, 0.3) is 5.91 Å². The molecule has 0 bridgehead atoms. The molecule has 0 fully saturated rings. The van der Waals surface area contributed by atoms with Crippen molar-refractivity contribution in [3.63, 3.8) is 0 Å². The summed E-state index contributed by atoms with van der Waals surface area (Å²) >= 11 is 0. The Balaban J connectivity index is 1.23. The maximum atomic E-state index is 14.2. The van der Waals surface area contributed by atoms with Crippen LogP contribution >= 0.6 is 0 Å². The van der Waals surface area contributed by atoms with Crippen LogP contribution in [0.5, 0.6) is 5.75 Å². The number of ether oxygens (including phenoxy) is 1. The average molecular weight is 606 g/mol. The van der Waals surface area contributed by atoms with Crippen molar-refractivity contribution < 1.29 is 14.3 Å². The van der Waals surface area contributed by atoms with Crippen molar-refractivity contribution in [2.75, 3.05) is 5.32 Å². The Kier molecular flexibility index (Phi) is 7.63. The largest absolute Gasteiger partial charge is 0.489 e. The molecule has 6 nitrogen and oxygen atoms in total. The molecule has 1 N–H and O–H groups in total. The highest BCUT2D eigenvalue weighted by Gasteiger charge is 2.44. The van der Waals surface area contributed by atoms with Crippen LogP contribution in [-0.4, -0.2) is 27.3 Å². The molecule has 2 heterocycles. The van der Waals surface area contributed by atoms with Gasteiger partial charge in [-0.2, -0.15) is 0 Å². The molecule has 2 unspecified atom stereocenters. The van der Waals surface area contributed by atoms with Crippen LogP contribution in [0.3, 0.4) is 0 Å². The predicted molar refractivity (Wildman–Crippen MR) is 183 cm³/mol. The Hall–Kier alpha value is -5.62. The number of nitrogens with one attached hydrogen (secondary N) is 1. The number of hydrogen-bond donors (Lipinski definition) is 1. The van der Waals surface area contributed by atoms with Crippen LogP contribution in [0, 0.1) is 6.92 Å². The highest BCUT2D eigenvalue weighted by molar-refractivity contribution is 6.06. The lowest BCUT2D eigenvalue weighted by Gasteiger charge is -2.31. The number of aryl methyl sites for hydroxylation is 2. The third-order valence-corrected chi connectivity index (χ3v) is 8.91. The molecule has 0 spiro atoms. The normalized spacial score (nSPS) is 14.7. The lowest BCUT2D eigenvalue weighted by molar-refractivity contribution is -0.120. The molecule has 2 atom stereocenters. The highest BCUT2D eigenvalue weighted by Crippen LogP contribution is 2.47. The van der Waals surface area contributed by atoms with Gasteiger partial charge in [-0.15, -0.1) is 0 Å². The first-order chi connectivity index (χ1) is 22.4. The van der Waals surface area contributed by atoms with E-state index >= 15 is 0 Å². The standard InChI is InChI=1S/C40H35N3O3/c1-26-17-19-29(20-18-26)37-36(34-15-9-10-16-35(34)42(37)3)38-32-13-7-8-14-33(32)40(45)43(38)27(2)39(44)41-30-21-23-31(24-22-30)46-25-28-11-5-4-6-12-28/h4-24,27,38H,25H2,1-3H3,(H,41,44). The van der Waals surface area contributed by atoms with Gasteiger partial charge in [0.15, 0.2) is 0 Å². The van der Waals surface area contributed by atoms with E-state index in [0.717, 1.165) is 38.9 Å². The molecule has 228 valence electrons. The number of carbonyl (C=O) groups excluding carboxylic acids is 2. The smallest absolute Gasteiger partial charge is 0.255 e. The molecule has 2 amide bonds. The SMILES string of the molecule is Cc1ccc(-c2c(C3c4ccccc4C(=O)N3C(C)C(=O)Nc3ccc(OCc4ccccc4)cc3)c3ccccc3n2C)cc1. The second-order valence-electron chi connectivity index (χ2n) is 11.9. The van der Waals surface area contributed by atoms with Crippen LogP contribution in [0.1, 0.15) is 45.6 Å². The van der Waals surface area contributed by atoms with E-state index in [2.05, 4.69) is 60.3 Å². The van der Waals surface area contributed by atoms with Gasteiger partial charge in [-0.05, 0) is 66.9 Å². The first-order valence-electron chi connectivity index (χ1n) is 15.5. The number of anilines is 1. The fourth-order valence-electron chi connectivity index (χ4n) is 6.54. The minimum absolute atomic E-state index is 0.157. The van der Waals surface area contributed by atoms with E-state index in [-0.39, 0.29) is 11.8 Å². The number of para-hydroxylation sites is 1. The van der Waals surface area contributed by atoms with Gasteiger partial charge >= 0.3 is 0 Å². The lowest BCUT2D eigenvalue weighted by Crippen LogP contribution is -2.44. The zero-order valence-electron chi connectivity index (χ0n) is 26.1. The molecule has 0 saturated heterocycles. The van der Waals surface area contributed by atoms with E-state index in [9.17, 15) is 9.59 Å². The van der Waals surface area contributed by atoms with E-state index in [4.69, 9.17) is 4.74 Å². The van der Waals surface area contributed by atoms with E-state index in [1.54, 1.807) is 11.8 Å². The van der Waals surface area contributed by atoms with Crippen LogP contribution in [0.25, 0.3) is 22.2 Å². The molecule has 1 aliphatic rings. The third-order valence-electron chi connectivity index (χ3n) is 8.91. The van der Waals surface area contributed by atoms with Gasteiger partial charge in [-0.3, -0.25) is 9.59 Å². The second kappa shape index (κ2) is 12.1. The fraction of sp³-hybridized carbons (Fsp3) is 0.150. The maximum Gasteiger partial charge on any atom is 0.255 e. The van der Waals surface area contributed by atoms with Crippen molar-refractivity contribution in [2.24, 2.45) is 7.05 Å². The third kappa shape index (κ3) is 5.22. The molecule has 1 aromatic heterocycles. The molecule has 1 aliphatic heterocycles. The van der Waals surface area contributed by atoms with Crippen LogP contribution in [-0.2, 0) is 18.4 Å². The summed E-state index contributed by atoms with van der Waals surface area (Å²) in [6.07, 6.45) is 0. The summed E-state index contributed by atoms with van der Waals surface area (Å²) < 4.78 is 8.12. The summed E-state index contributed by atoms with van der Waals surface area (Å²) in [6, 6.07) is 40.5. The summed E-state index contributed by atoms with van der Waals surface area (Å²) in [5.74, 6) is 0.289. The molecule has 6 heteroatoms. The van der Waals surface area contributed by atoms with Gasteiger partial charge in [-0.25, -0.2) is 0 Å². The molecular weight excluding hydrogens is 570 g/mol. The zero-order chi connectivity index (χ0) is 31.8. The van der Waals surface area contributed by atoms with E-state index in [1.807, 2.05) is 91.0 Å². The fourth-order valence-corrected chi connectivity index (χ4v) is 6.54. The number of nitrogens with zero attached hydrogens (tertiary/aromatic N) is 2. The monoisotopic (exact) mass is 605 g/mol. The van der Waals surface area contributed by atoms with Crippen molar-refractivity contribution in [2.45, 2.75) is 32.5 Å². The van der Waals surface area contributed by atoms with E-state index < -0.39 is 12.1 Å². The van der Waals surface area contributed by atoms with E-state index in [0.29, 0.717) is 23.6 Å². The summed E-state index contributed by atoms with van der Waals surface area (Å²) in [6.45, 7) is 4.34. The average Bonchev–Trinajstić information content (AvgIpc) is 3.55. The number of rotatable bonds is 8. The van der Waals surface area contributed by atoms with Gasteiger partial charge in [0, 0.05) is 34.8 Å². The summed E-state index contributed by atoms with van der Waals surface area (Å²) in [4.78, 5) is 29.8. The lowest BCUT2D eigenvalue weighted by atomic mass is 9.92. The number of carbonyl (C=O) groups is 2. The van der Waals surface area contributed by atoms with Crippen LogP contribution < -0.4 is 10.1 Å². The number of fused-ring (bicyclic) bond motifs is 2. The Morgan fingerprint density at radius 3 is 2.26 bits per heavy atom. The molecule has 0 radical (unpaired) electrons. The zero-order valence-corrected chi connectivity index (χ0v) is 26.1. The quantitative estimate of drug-likeness (QED) is 0.190. The van der Waals surface area contributed by atoms with Crippen molar-refractivity contribution >= 4 is 28.4 Å². The summed E-state index contributed by atoms with van der Waals surface area (Å²) in [7, 11) is 2.07. The number of benzene rings is 5. The molecular formula is C40H35N3O3. The van der Waals surface area contributed by atoms with Gasteiger partial charge < -0.3 is 19.5 Å². The van der Waals surface area contributed by atoms with Crippen molar-refractivity contribution in [1.29, 1.82) is 0 Å². The topological polar surface area (TPSA) is 63.6 Å². The minimum atomic E-state index is -0.760. The molecule has 7 rings (SSSR count). The summed E-state index contributed by atoms with van der Waals surface area (Å²) in [5.41, 5.74) is 8.57. The Labute approximate surface area is 268 Å². The number of aromatic nitrogens is 1. The summed E-state index contributed by atoms with van der Waals surface area (Å²) in [5, 5.41) is 4.09. The van der Waals surface area contributed by atoms with Gasteiger partial charge in [0.05, 0.1) is 11.7 Å². The maximum absolute atomic E-state index is 14.2. The Morgan fingerprint density at radius 2 is 1.50 bits per heavy atom. The highest BCUT2D eigenvalue weighted by atomic mass is 16.5. The van der Waals surface area contributed by atoms with Gasteiger partial charge in [0.1, 0.15) is 18.4 Å². The van der Waals surface area contributed by atoms with Crippen LogP contribution in [0.4, 0.5) is 5.69 Å². The predicted octanol–water partition coefficient (Wildman–Crippen LogP) is 8.31. The molecule has 0 aliphatic carbocycles. The molecule has 0 saturated carbocycles. The molecule has 5 aromatic carbocycles. The second-order valence-corrected chi connectivity index (χ2v) is 11.9. The first-order valence-corrected chi connectivity index (χ1v) is 15.5. The number of amides is 2. The van der Waals surface area contributed by atoms with Crippen LogP contribution in [0.15, 0.2) is 127 Å². The van der Waals surface area contributed by atoms with Crippen molar-refractivity contribution in [1.82, 2.24) is 9.47 Å². The Bertz CT molecular complexity index is 2050. The van der Waals surface area contributed by atoms with Crippen LogP contribution in [0.2, 0.25) is 0 Å². The Morgan fingerprint density at radius 1 is 0.826 bits per heavy atom. The number of hydrogen-bond acceptors (Lipinski definition) is 3. The first kappa shape index (κ1) is 29.1. The molecule has 46 heavy (non-hydrogen) atoms. The van der Waals surface area contributed by atoms with Gasteiger partial charge in [0.2, 0.25) is 5.91 Å². The van der Waals surface area contributed by atoms with Crippen molar-refractivity contribution in [3.8, 4) is 17.0 Å². The molecule has 6 aromatic rings. The van der Waals surface area contributed by atoms with Gasteiger partial charge in [-0.1, -0.05) is 96.6 Å². The minimum Gasteiger partial charge on any atom is -0.489 e. The van der Waals surface area contributed by atoms with Crippen molar-refractivity contribution in [3.05, 3.63) is 155 Å².